The van der Waals surface area contributed by atoms with Gasteiger partial charge in [-0.15, -0.1) is 0 Å². The summed E-state index contributed by atoms with van der Waals surface area (Å²) in [5.74, 6) is 0. The second-order valence-corrected chi connectivity index (χ2v) is 12.9. The van der Waals surface area contributed by atoms with Crippen molar-refractivity contribution >= 4 is 34.7 Å². The number of allylic oxidation sites excluding steroid dienone is 2. The summed E-state index contributed by atoms with van der Waals surface area (Å²) in [6.07, 6.45) is 3.76. The van der Waals surface area contributed by atoms with Gasteiger partial charge in [0.2, 0.25) is 0 Å². The molecule has 0 atom stereocenters. The number of hydrogen-bond acceptors (Lipinski definition) is 12. The highest BCUT2D eigenvalue weighted by atomic mass is 16.6. The Morgan fingerprint density at radius 2 is 0.741 bits per heavy atom. The minimum atomic E-state index is 0.526. The SMILES string of the molecule is CCN(CCOCCOCCOCCOC)c1ccc(/C=C(\C#N)c2ccc(/C(C#N)=C/c3ccc(N(CC)CCOCCOCCOCCOC)cc3)cc2)cc1. The van der Waals surface area contributed by atoms with Crippen LogP contribution in [0.3, 0.4) is 0 Å². The Hall–Kier alpha value is -4.60. The van der Waals surface area contributed by atoms with Crippen molar-refractivity contribution in [1.82, 2.24) is 0 Å². The molecule has 0 radical (unpaired) electrons. The highest BCUT2D eigenvalue weighted by Crippen LogP contribution is 2.25. The molecule has 3 aromatic rings. The predicted molar refractivity (Wildman–Crippen MR) is 231 cm³/mol. The van der Waals surface area contributed by atoms with E-state index in [4.69, 9.17) is 37.9 Å². The first-order valence-electron chi connectivity index (χ1n) is 20.1. The first-order valence-corrected chi connectivity index (χ1v) is 20.1. The molecule has 0 aliphatic heterocycles. The summed E-state index contributed by atoms with van der Waals surface area (Å²) < 4.78 is 43.3. The van der Waals surface area contributed by atoms with Gasteiger partial charge >= 0.3 is 0 Å². The van der Waals surface area contributed by atoms with E-state index in [1.54, 1.807) is 14.2 Å². The van der Waals surface area contributed by atoms with Crippen LogP contribution in [0.15, 0.2) is 72.8 Å². The van der Waals surface area contributed by atoms with Gasteiger partial charge in [0.05, 0.1) is 116 Å². The Morgan fingerprint density at radius 1 is 0.448 bits per heavy atom. The average Bonchev–Trinajstić information content (AvgIpc) is 3.26. The summed E-state index contributed by atoms with van der Waals surface area (Å²) in [6, 6.07) is 28.6. The molecule has 12 nitrogen and oxygen atoms in total. The molecule has 3 rings (SSSR count). The van der Waals surface area contributed by atoms with Gasteiger partial charge in [-0.1, -0.05) is 48.5 Å². The van der Waals surface area contributed by atoms with E-state index in [0.717, 1.165) is 59.8 Å². The normalized spacial score (nSPS) is 11.7. The minimum Gasteiger partial charge on any atom is -0.382 e. The standard InChI is InChI=1S/C46H62N4O8/c1-5-49(19-21-53-27-29-57-33-31-55-25-23-51-3)45-15-7-39(8-16-45)35-43(37-47)41-11-13-42(14-12-41)44(38-48)36-40-9-17-46(18-10-40)50(6-2)20-22-54-28-30-58-34-32-56-26-24-52-4/h7-18,35-36H,5-6,19-34H2,1-4H3/b43-35+,44-36+. The number of likely N-dealkylation sites (N-methyl/N-ethyl adjacent to an activating group) is 2. The average molecular weight is 799 g/mol. The summed E-state index contributed by atoms with van der Waals surface area (Å²) >= 11 is 0. The topological polar surface area (TPSA) is 128 Å². The zero-order valence-corrected chi connectivity index (χ0v) is 34.9. The summed E-state index contributed by atoms with van der Waals surface area (Å²) in [5.41, 5.74) is 6.68. The molecule has 0 aliphatic carbocycles. The molecule has 58 heavy (non-hydrogen) atoms. The molecule has 0 unspecified atom stereocenters. The number of rotatable bonds is 32. The molecule has 0 spiro atoms. The van der Waals surface area contributed by atoms with Gasteiger partial charge in [0.15, 0.2) is 0 Å². The van der Waals surface area contributed by atoms with Gasteiger partial charge in [-0.3, -0.25) is 0 Å². The lowest BCUT2D eigenvalue weighted by atomic mass is 9.98. The molecule has 3 aromatic carbocycles. The number of nitriles is 2. The van der Waals surface area contributed by atoms with Gasteiger partial charge in [-0.05, 0) is 72.5 Å². The van der Waals surface area contributed by atoms with E-state index in [0.29, 0.717) is 104 Å². The number of benzene rings is 3. The van der Waals surface area contributed by atoms with Crippen LogP contribution in [0.5, 0.6) is 0 Å². The van der Waals surface area contributed by atoms with Crippen LogP contribution in [-0.4, -0.2) is 133 Å². The maximum Gasteiger partial charge on any atom is 0.0998 e. The number of anilines is 2. The zero-order valence-electron chi connectivity index (χ0n) is 34.9. The Labute approximate surface area is 346 Å². The Morgan fingerprint density at radius 3 is 1.02 bits per heavy atom. The molecule has 0 heterocycles. The Balaban J connectivity index is 1.47. The van der Waals surface area contributed by atoms with Crippen LogP contribution < -0.4 is 9.80 Å². The lowest BCUT2D eigenvalue weighted by Gasteiger charge is -2.23. The minimum absolute atomic E-state index is 0.526. The van der Waals surface area contributed by atoms with E-state index < -0.39 is 0 Å². The number of nitrogens with zero attached hydrogens (tertiary/aromatic N) is 4. The number of ether oxygens (including phenoxy) is 8. The fraction of sp³-hybridized carbons (Fsp3) is 0.478. The molecule has 0 N–H and O–H groups in total. The Kier molecular flexibility index (Phi) is 25.1. The smallest absolute Gasteiger partial charge is 0.0998 e. The summed E-state index contributed by atoms with van der Waals surface area (Å²) in [5, 5.41) is 20.1. The van der Waals surface area contributed by atoms with Crippen molar-refractivity contribution in [2.24, 2.45) is 0 Å². The van der Waals surface area contributed by atoms with Gasteiger partial charge in [-0.2, -0.15) is 10.5 Å². The van der Waals surface area contributed by atoms with Crippen LogP contribution >= 0.6 is 0 Å². The van der Waals surface area contributed by atoms with Crippen molar-refractivity contribution in [1.29, 1.82) is 10.5 Å². The molecule has 314 valence electrons. The fourth-order valence-corrected chi connectivity index (χ4v) is 5.74. The van der Waals surface area contributed by atoms with Crippen molar-refractivity contribution in [3.05, 3.63) is 95.1 Å². The van der Waals surface area contributed by atoms with Gasteiger partial charge in [0.1, 0.15) is 0 Å². The first kappa shape index (κ1) is 47.8. The third-order valence-electron chi connectivity index (χ3n) is 9.01. The third-order valence-corrected chi connectivity index (χ3v) is 9.01. The van der Waals surface area contributed by atoms with Crippen LogP contribution in [0, 0.1) is 22.7 Å². The lowest BCUT2D eigenvalue weighted by Crippen LogP contribution is -2.27. The molecule has 0 saturated heterocycles. The summed E-state index contributed by atoms with van der Waals surface area (Å²) in [4.78, 5) is 4.50. The number of hydrogen-bond donors (Lipinski definition) is 0. The van der Waals surface area contributed by atoms with E-state index in [1.807, 2.05) is 60.7 Å². The Bertz CT molecular complexity index is 1540. The molecule has 0 fully saturated rings. The summed E-state index contributed by atoms with van der Waals surface area (Å²) in [7, 11) is 3.30. The maximum atomic E-state index is 10.0. The molecular weight excluding hydrogens is 737 g/mol. The van der Waals surface area contributed by atoms with E-state index in [-0.39, 0.29) is 0 Å². The molecular formula is C46H62N4O8. The largest absolute Gasteiger partial charge is 0.382 e. The molecule has 0 amide bonds. The second-order valence-electron chi connectivity index (χ2n) is 12.9. The van der Waals surface area contributed by atoms with Crippen molar-refractivity contribution < 1.29 is 37.9 Å². The van der Waals surface area contributed by atoms with Crippen molar-refractivity contribution in [2.45, 2.75) is 13.8 Å². The second kappa shape index (κ2) is 30.5. The highest BCUT2D eigenvalue weighted by molar-refractivity contribution is 5.92. The third kappa shape index (κ3) is 18.8. The molecule has 0 aromatic heterocycles. The van der Waals surface area contributed by atoms with Gasteiger partial charge < -0.3 is 47.7 Å². The summed E-state index contributed by atoms with van der Waals surface area (Å²) in [6.45, 7) is 15.2. The highest BCUT2D eigenvalue weighted by Gasteiger charge is 2.09. The lowest BCUT2D eigenvalue weighted by molar-refractivity contribution is 0.00456. The van der Waals surface area contributed by atoms with Gasteiger partial charge in [0.25, 0.3) is 0 Å². The number of methoxy groups -OCH3 is 2. The molecule has 0 bridgehead atoms. The van der Waals surface area contributed by atoms with Crippen LogP contribution in [0.25, 0.3) is 23.3 Å². The maximum absolute atomic E-state index is 10.0. The van der Waals surface area contributed by atoms with E-state index in [2.05, 4.69) is 60.1 Å². The van der Waals surface area contributed by atoms with Gasteiger partial charge in [-0.25, -0.2) is 0 Å². The van der Waals surface area contributed by atoms with Gasteiger partial charge in [0, 0.05) is 51.8 Å². The van der Waals surface area contributed by atoms with E-state index in [9.17, 15) is 10.5 Å². The molecule has 0 saturated carbocycles. The molecule has 0 aliphatic rings. The molecule has 12 heteroatoms. The van der Waals surface area contributed by atoms with Crippen LogP contribution in [0.1, 0.15) is 36.1 Å². The van der Waals surface area contributed by atoms with Crippen molar-refractivity contribution in [3.8, 4) is 12.1 Å². The van der Waals surface area contributed by atoms with Crippen molar-refractivity contribution in [2.75, 3.05) is 143 Å². The van der Waals surface area contributed by atoms with Crippen LogP contribution in [0.4, 0.5) is 11.4 Å². The first-order chi connectivity index (χ1) is 28.6. The predicted octanol–water partition coefficient (Wildman–Crippen LogP) is 6.86. The zero-order chi connectivity index (χ0) is 41.5. The van der Waals surface area contributed by atoms with E-state index in [1.165, 1.54) is 0 Å². The fourth-order valence-electron chi connectivity index (χ4n) is 5.74. The van der Waals surface area contributed by atoms with E-state index >= 15 is 0 Å². The van der Waals surface area contributed by atoms with Crippen molar-refractivity contribution in [3.63, 3.8) is 0 Å². The monoisotopic (exact) mass is 798 g/mol. The quantitative estimate of drug-likeness (QED) is 0.0372. The van der Waals surface area contributed by atoms with Crippen LogP contribution in [0.2, 0.25) is 0 Å². The van der Waals surface area contributed by atoms with Crippen LogP contribution in [-0.2, 0) is 37.9 Å².